The largest absolute Gasteiger partial charge is 0.493 e. The summed E-state index contributed by atoms with van der Waals surface area (Å²) in [5.41, 5.74) is 3.58. The van der Waals surface area contributed by atoms with E-state index in [1.54, 1.807) is 24.3 Å². The zero-order valence-corrected chi connectivity index (χ0v) is 17.0. The number of carbonyl (C=O) groups excluding carboxylic acids is 1. The quantitative estimate of drug-likeness (QED) is 0.420. The first kappa shape index (κ1) is 21.4. The van der Waals surface area contributed by atoms with Crippen LogP contribution < -0.4 is 19.6 Å². The Balaban J connectivity index is 1.70. The molecule has 31 heavy (non-hydrogen) atoms. The predicted molar refractivity (Wildman–Crippen MR) is 112 cm³/mol. The second kappa shape index (κ2) is 9.49. The molecule has 0 fully saturated rings. The second-order valence-corrected chi connectivity index (χ2v) is 6.20. The van der Waals surface area contributed by atoms with Crippen LogP contribution in [0.25, 0.3) is 11.3 Å². The Morgan fingerprint density at radius 1 is 0.935 bits per heavy atom. The molecule has 3 aromatic rings. The van der Waals surface area contributed by atoms with Crippen molar-refractivity contribution in [1.82, 2.24) is 5.43 Å². The van der Waals surface area contributed by atoms with E-state index in [1.807, 2.05) is 0 Å². The van der Waals surface area contributed by atoms with E-state index in [4.69, 9.17) is 23.7 Å². The molecule has 2 aromatic carbocycles. The molecule has 2 N–H and O–H groups in total. The molecule has 1 heterocycles. The molecule has 1 amide bonds. The zero-order chi connectivity index (χ0) is 22.4. The minimum absolute atomic E-state index is 0.187. The van der Waals surface area contributed by atoms with Crippen LogP contribution in [0.5, 0.6) is 17.2 Å². The van der Waals surface area contributed by atoms with Gasteiger partial charge in [0.15, 0.2) is 11.5 Å². The Hall–Kier alpha value is -4.27. The number of aromatic carboxylic acids is 1. The number of ether oxygens (including phenoxy) is 3. The van der Waals surface area contributed by atoms with Crippen LogP contribution in [-0.2, 0) is 0 Å². The second-order valence-electron chi connectivity index (χ2n) is 6.20. The van der Waals surface area contributed by atoms with E-state index in [1.165, 1.54) is 51.8 Å². The van der Waals surface area contributed by atoms with Crippen LogP contribution in [0.3, 0.4) is 0 Å². The molecule has 0 radical (unpaired) electrons. The fourth-order valence-electron chi connectivity index (χ4n) is 2.79. The number of methoxy groups -OCH3 is 3. The summed E-state index contributed by atoms with van der Waals surface area (Å²) in [4.78, 5) is 23.4. The van der Waals surface area contributed by atoms with Crippen LogP contribution in [-0.4, -0.2) is 44.5 Å². The maximum Gasteiger partial charge on any atom is 0.335 e. The van der Waals surface area contributed by atoms with E-state index in [0.717, 1.165) is 0 Å². The third-order valence-corrected chi connectivity index (χ3v) is 4.33. The highest BCUT2D eigenvalue weighted by Gasteiger charge is 2.16. The summed E-state index contributed by atoms with van der Waals surface area (Å²) >= 11 is 0. The molecule has 160 valence electrons. The van der Waals surface area contributed by atoms with Crippen LogP contribution in [0.4, 0.5) is 0 Å². The Morgan fingerprint density at radius 2 is 1.58 bits per heavy atom. The van der Waals surface area contributed by atoms with Crippen molar-refractivity contribution in [2.24, 2.45) is 5.10 Å². The van der Waals surface area contributed by atoms with Crippen molar-refractivity contribution in [2.75, 3.05) is 21.3 Å². The molecule has 0 atom stereocenters. The third-order valence-electron chi connectivity index (χ3n) is 4.33. The summed E-state index contributed by atoms with van der Waals surface area (Å²) in [5.74, 6) is 0.538. The van der Waals surface area contributed by atoms with Crippen molar-refractivity contribution in [3.05, 3.63) is 65.4 Å². The zero-order valence-electron chi connectivity index (χ0n) is 17.0. The van der Waals surface area contributed by atoms with Gasteiger partial charge in [-0.1, -0.05) is 12.1 Å². The lowest BCUT2D eigenvalue weighted by atomic mass is 10.1. The minimum Gasteiger partial charge on any atom is -0.493 e. The predicted octanol–water partition coefficient (Wildman–Crippen LogP) is 3.43. The summed E-state index contributed by atoms with van der Waals surface area (Å²) < 4.78 is 21.4. The number of rotatable bonds is 8. The molecule has 0 saturated heterocycles. The van der Waals surface area contributed by atoms with Crippen molar-refractivity contribution in [2.45, 2.75) is 0 Å². The number of benzene rings is 2. The number of carboxylic acid groups (broad SMARTS) is 1. The molecule has 1 aromatic heterocycles. The van der Waals surface area contributed by atoms with Gasteiger partial charge < -0.3 is 23.7 Å². The van der Waals surface area contributed by atoms with Gasteiger partial charge in [0.2, 0.25) is 5.75 Å². The highest BCUT2D eigenvalue weighted by Crippen LogP contribution is 2.38. The average Bonchev–Trinajstić information content (AvgIpc) is 3.26. The van der Waals surface area contributed by atoms with Gasteiger partial charge >= 0.3 is 5.97 Å². The van der Waals surface area contributed by atoms with Crippen molar-refractivity contribution < 1.29 is 33.3 Å². The number of carbonyl (C=O) groups is 2. The smallest absolute Gasteiger partial charge is 0.335 e. The average molecular weight is 424 g/mol. The van der Waals surface area contributed by atoms with Gasteiger partial charge in [-0.3, -0.25) is 4.79 Å². The van der Waals surface area contributed by atoms with Crippen LogP contribution >= 0.6 is 0 Å². The van der Waals surface area contributed by atoms with Crippen molar-refractivity contribution in [1.29, 1.82) is 0 Å². The van der Waals surface area contributed by atoms with Crippen LogP contribution in [0.2, 0.25) is 0 Å². The normalized spacial score (nSPS) is 10.7. The van der Waals surface area contributed by atoms with E-state index in [0.29, 0.717) is 34.3 Å². The van der Waals surface area contributed by atoms with E-state index < -0.39 is 11.9 Å². The summed E-state index contributed by atoms with van der Waals surface area (Å²) in [5, 5.41) is 12.9. The molecule has 0 spiro atoms. The highest BCUT2D eigenvalue weighted by molar-refractivity contribution is 5.96. The van der Waals surface area contributed by atoms with Crippen LogP contribution in [0, 0.1) is 0 Å². The third kappa shape index (κ3) is 4.84. The number of hydrazone groups is 1. The Kier molecular flexibility index (Phi) is 6.56. The molecule has 0 bridgehead atoms. The summed E-state index contributed by atoms with van der Waals surface area (Å²) in [6.45, 7) is 0. The standard InChI is InChI=1S/C22H20N2O7/c1-28-18-10-15(11-19(29-2)20(18)30-3)21(25)24-23-12-16-8-9-17(31-16)13-4-6-14(7-5-13)22(26)27/h4-12H,1-3H3,(H,24,25)(H,26,27)/b23-12+. The van der Waals surface area contributed by atoms with Crippen molar-refractivity contribution in [3.63, 3.8) is 0 Å². The molecular formula is C22H20N2O7. The van der Waals surface area contributed by atoms with Crippen molar-refractivity contribution in [3.8, 4) is 28.6 Å². The molecule has 0 aliphatic heterocycles. The van der Waals surface area contributed by atoms with Gasteiger partial charge in [0.1, 0.15) is 11.5 Å². The Labute approximate surface area is 177 Å². The molecule has 0 unspecified atom stereocenters. The topological polar surface area (TPSA) is 120 Å². The van der Waals surface area contributed by atoms with Gasteiger partial charge in [-0.05, 0) is 36.4 Å². The first-order valence-electron chi connectivity index (χ1n) is 9.03. The highest BCUT2D eigenvalue weighted by atomic mass is 16.5. The number of carboxylic acids is 1. The van der Waals surface area contributed by atoms with Crippen molar-refractivity contribution >= 4 is 18.1 Å². The van der Waals surface area contributed by atoms with E-state index in [2.05, 4.69) is 10.5 Å². The molecule has 0 saturated carbocycles. The monoisotopic (exact) mass is 424 g/mol. The number of nitrogens with zero attached hydrogens (tertiary/aromatic N) is 1. The van der Waals surface area contributed by atoms with Gasteiger partial charge in [-0.25, -0.2) is 10.2 Å². The molecule has 0 aliphatic rings. The summed E-state index contributed by atoms with van der Waals surface area (Å²) in [6, 6.07) is 12.7. The lowest BCUT2D eigenvalue weighted by Gasteiger charge is -2.13. The summed E-state index contributed by atoms with van der Waals surface area (Å²) in [7, 11) is 4.39. The number of amides is 1. The maximum absolute atomic E-state index is 12.4. The van der Waals surface area contributed by atoms with E-state index in [-0.39, 0.29) is 11.1 Å². The van der Waals surface area contributed by atoms with Gasteiger partial charge in [-0.2, -0.15) is 5.10 Å². The first-order chi connectivity index (χ1) is 15.0. The Morgan fingerprint density at radius 3 is 2.13 bits per heavy atom. The lowest BCUT2D eigenvalue weighted by Crippen LogP contribution is -2.18. The van der Waals surface area contributed by atoms with Gasteiger partial charge in [0, 0.05) is 11.1 Å². The number of hydrogen-bond acceptors (Lipinski definition) is 7. The molecule has 9 heteroatoms. The fourth-order valence-corrected chi connectivity index (χ4v) is 2.79. The molecule has 0 aliphatic carbocycles. The SMILES string of the molecule is COc1cc(C(=O)N/N=C/c2ccc(-c3ccc(C(=O)O)cc3)o2)cc(OC)c1OC. The lowest BCUT2D eigenvalue weighted by molar-refractivity contribution is 0.0696. The Bertz CT molecular complexity index is 1090. The van der Waals surface area contributed by atoms with Crippen LogP contribution in [0.1, 0.15) is 26.5 Å². The first-order valence-corrected chi connectivity index (χ1v) is 9.03. The van der Waals surface area contributed by atoms with Gasteiger partial charge in [-0.15, -0.1) is 0 Å². The molecule has 9 nitrogen and oxygen atoms in total. The number of furan rings is 1. The molecule has 3 rings (SSSR count). The fraction of sp³-hybridized carbons (Fsp3) is 0.136. The maximum atomic E-state index is 12.4. The number of nitrogens with one attached hydrogen (secondary N) is 1. The number of hydrogen-bond donors (Lipinski definition) is 2. The van der Waals surface area contributed by atoms with Gasteiger partial charge in [0.25, 0.3) is 5.91 Å². The van der Waals surface area contributed by atoms with Crippen LogP contribution in [0.15, 0.2) is 58.0 Å². The minimum atomic E-state index is -0.998. The molecular weight excluding hydrogens is 404 g/mol. The summed E-state index contributed by atoms with van der Waals surface area (Å²) in [6.07, 6.45) is 1.35. The van der Waals surface area contributed by atoms with Gasteiger partial charge in [0.05, 0.1) is 33.1 Å². The van der Waals surface area contributed by atoms with E-state index >= 15 is 0 Å². The van der Waals surface area contributed by atoms with E-state index in [9.17, 15) is 9.59 Å².